The van der Waals surface area contributed by atoms with E-state index in [-0.39, 0.29) is 12.2 Å². The van der Waals surface area contributed by atoms with Crippen molar-refractivity contribution in [2.75, 3.05) is 13.2 Å². The third-order valence-electron chi connectivity index (χ3n) is 6.67. The Kier molecular flexibility index (Phi) is 8.65. The number of allylic oxidation sites excluding steroid dienone is 1. The number of hydrogen-bond acceptors (Lipinski definition) is 8. The van der Waals surface area contributed by atoms with Crippen LogP contribution in [0, 0.1) is 11.3 Å². The number of esters is 1. The van der Waals surface area contributed by atoms with E-state index in [0.717, 1.165) is 16.7 Å². The van der Waals surface area contributed by atoms with E-state index in [2.05, 4.69) is 11.1 Å². The maximum atomic E-state index is 13.9. The summed E-state index contributed by atoms with van der Waals surface area (Å²) in [6, 6.07) is 23.5. The van der Waals surface area contributed by atoms with E-state index in [0.29, 0.717) is 50.9 Å². The predicted octanol–water partition coefficient (Wildman–Crippen LogP) is 4.65. The molecule has 212 valence electrons. The number of thiazole rings is 1. The third kappa shape index (κ3) is 6.04. The summed E-state index contributed by atoms with van der Waals surface area (Å²) in [5.41, 5.74) is 3.66. The second-order valence-electron chi connectivity index (χ2n) is 9.47. The Morgan fingerprint density at radius 3 is 2.48 bits per heavy atom. The van der Waals surface area contributed by atoms with Crippen molar-refractivity contribution in [1.29, 1.82) is 5.26 Å². The van der Waals surface area contributed by atoms with Gasteiger partial charge in [-0.2, -0.15) is 5.26 Å². The number of carbonyl (C=O) groups excluding carboxylic acids is 1. The molecule has 1 aliphatic heterocycles. The first-order chi connectivity index (χ1) is 20.4. The number of aromatic nitrogens is 1. The van der Waals surface area contributed by atoms with Gasteiger partial charge < -0.3 is 14.2 Å². The Bertz CT molecular complexity index is 1860. The van der Waals surface area contributed by atoms with Gasteiger partial charge in [0.2, 0.25) is 0 Å². The first-order valence-electron chi connectivity index (χ1n) is 13.6. The summed E-state index contributed by atoms with van der Waals surface area (Å²) in [4.78, 5) is 32.1. The van der Waals surface area contributed by atoms with E-state index in [9.17, 15) is 9.59 Å². The minimum Gasteiger partial charge on any atom is -0.494 e. The maximum Gasteiger partial charge on any atom is 0.338 e. The largest absolute Gasteiger partial charge is 0.494 e. The molecule has 2 heterocycles. The number of carbonyl (C=O) groups is 1. The molecule has 0 bridgehead atoms. The minimum absolute atomic E-state index is 0.208. The van der Waals surface area contributed by atoms with Crippen molar-refractivity contribution in [1.82, 2.24) is 4.57 Å². The molecular weight excluding hydrogens is 550 g/mol. The van der Waals surface area contributed by atoms with Crippen molar-refractivity contribution in [3.63, 3.8) is 0 Å². The van der Waals surface area contributed by atoms with Gasteiger partial charge in [0.05, 0.1) is 46.7 Å². The Morgan fingerprint density at radius 2 is 1.79 bits per heavy atom. The summed E-state index contributed by atoms with van der Waals surface area (Å²) >= 11 is 1.27. The average Bonchev–Trinajstić information content (AvgIpc) is 3.30. The summed E-state index contributed by atoms with van der Waals surface area (Å²) in [5, 5.41) is 8.99. The lowest BCUT2D eigenvalue weighted by Crippen LogP contribution is -2.39. The van der Waals surface area contributed by atoms with Crippen LogP contribution in [0.4, 0.5) is 0 Å². The minimum atomic E-state index is -0.694. The average molecular weight is 580 g/mol. The molecule has 0 amide bonds. The van der Waals surface area contributed by atoms with Gasteiger partial charge in [0.1, 0.15) is 18.1 Å². The lowest BCUT2D eigenvalue weighted by atomic mass is 9.96. The van der Waals surface area contributed by atoms with Crippen LogP contribution in [0.25, 0.3) is 6.08 Å². The van der Waals surface area contributed by atoms with Crippen molar-refractivity contribution in [2.45, 2.75) is 33.4 Å². The maximum absolute atomic E-state index is 13.9. The highest BCUT2D eigenvalue weighted by atomic mass is 32.1. The number of fused-ring (bicyclic) bond motifs is 1. The molecule has 0 unspecified atom stereocenters. The zero-order valence-electron chi connectivity index (χ0n) is 23.5. The number of nitriles is 1. The zero-order valence-corrected chi connectivity index (χ0v) is 24.3. The van der Waals surface area contributed by atoms with Gasteiger partial charge in [-0.05, 0) is 79.9 Å². The van der Waals surface area contributed by atoms with E-state index in [4.69, 9.17) is 19.5 Å². The van der Waals surface area contributed by atoms with E-state index in [1.807, 2.05) is 67.6 Å². The monoisotopic (exact) mass is 579 g/mol. The SMILES string of the molecule is CCOC(=O)C1=C(C)N=c2s/c(=C\c3cccc(OCc4ccc(C#N)cc4)c3)c(=O)n2[C@H]1c1ccc(OCC)cc1. The molecule has 3 aromatic carbocycles. The predicted molar refractivity (Wildman–Crippen MR) is 160 cm³/mol. The lowest BCUT2D eigenvalue weighted by molar-refractivity contribution is -0.139. The van der Waals surface area contributed by atoms with Crippen molar-refractivity contribution in [3.8, 4) is 17.6 Å². The Labute approximate surface area is 247 Å². The Balaban J connectivity index is 1.51. The Morgan fingerprint density at radius 1 is 1.02 bits per heavy atom. The van der Waals surface area contributed by atoms with Crippen LogP contribution in [0.15, 0.2) is 93.9 Å². The fourth-order valence-corrected chi connectivity index (χ4v) is 5.75. The highest BCUT2D eigenvalue weighted by molar-refractivity contribution is 7.07. The second-order valence-corrected chi connectivity index (χ2v) is 10.5. The molecule has 9 heteroatoms. The van der Waals surface area contributed by atoms with Crippen LogP contribution >= 0.6 is 11.3 Å². The Hall–Kier alpha value is -4.94. The number of nitrogens with zero attached hydrogens (tertiary/aromatic N) is 3. The fraction of sp³-hybridized carbons (Fsp3) is 0.212. The fourth-order valence-electron chi connectivity index (χ4n) is 4.71. The quantitative estimate of drug-likeness (QED) is 0.268. The van der Waals surface area contributed by atoms with Crippen LogP contribution in [0.5, 0.6) is 11.5 Å². The normalized spacial score (nSPS) is 14.5. The third-order valence-corrected chi connectivity index (χ3v) is 7.65. The first-order valence-corrected chi connectivity index (χ1v) is 14.4. The summed E-state index contributed by atoms with van der Waals surface area (Å²) in [6.45, 7) is 6.50. The highest BCUT2D eigenvalue weighted by Gasteiger charge is 2.33. The summed E-state index contributed by atoms with van der Waals surface area (Å²) in [5.74, 6) is 0.848. The number of benzene rings is 3. The topological polar surface area (TPSA) is 103 Å². The zero-order chi connectivity index (χ0) is 29.6. The van der Waals surface area contributed by atoms with Crippen LogP contribution < -0.4 is 24.4 Å². The molecule has 0 aliphatic carbocycles. The van der Waals surface area contributed by atoms with Gasteiger partial charge >= 0.3 is 5.97 Å². The smallest absolute Gasteiger partial charge is 0.338 e. The molecule has 5 rings (SSSR count). The molecule has 0 saturated heterocycles. The van der Waals surface area contributed by atoms with Crippen LogP contribution in [0.2, 0.25) is 0 Å². The molecule has 42 heavy (non-hydrogen) atoms. The van der Waals surface area contributed by atoms with Crippen molar-refractivity contribution < 1.29 is 19.0 Å². The molecule has 0 spiro atoms. The molecule has 0 radical (unpaired) electrons. The molecular formula is C33H29N3O5S. The number of rotatable bonds is 9. The number of hydrogen-bond donors (Lipinski definition) is 0. The molecule has 1 atom stereocenters. The first kappa shape index (κ1) is 28.6. The van der Waals surface area contributed by atoms with Gasteiger partial charge in [0.15, 0.2) is 4.80 Å². The van der Waals surface area contributed by atoms with Crippen LogP contribution in [-0.2, 0) is 16.1 Å². The van der Waals surface area contributed by atoms with Crippen molar-refractivity contribution >= 4 is 23.4 Å². The van der Waals surface area contributed by atoms with Gasteiger partial charge in [-0.15, -0.1) is 0 Å². The van der Waals surface area contributed by atoms with Gasteiger partial charge in [-0.25, -0.2) is 9.79 Å². The van der Waals surface area contributed by atoms with E-state index in [1.54, 1.807) is 36.6 Å². The van der Waals surface area contributed by atoms with Gasteiger partial charge in [0, 0.05) is 0 Å². The molecule has 8 nitrogen and oxygen atoms in total. The van der Waals surface area contributed by atoms with Gasteiger partial charge in [-0.3, -0.25) is 9.36 Å². The van der Waals surface area contributed by atoms with Crippen LogP contribution in [-0.4, -0.2) is 23.8 Å². The lowest BCUT2D eigenvalue weighted by Gasteiger charge is -2.24. The van der Waals surface area contributed by atoms with E-state index in [1.165, 1.54) is 11.3 Å². The van der Waals surface area contributed by atoms with Crippen molar-refractivity contribution in [2.24, 2.45) is 4.99 Å². The molecule has 1 aromatic heterocycles. The summed E-state index contributed by atoms with van der Waals surface area (Å²) < 4.78 is 19.0. The van der Waals surface area contributed by atoms with Gasteiger partial charge in [-0.1, -0.05) is 47.7 Å². The van der Waals surface area contributed by atoms with Crippen LogP contribution in [0.1, 0.15) is 49.1 Å². The molecule has 0 saturated carbocycles. The van der Waals surface area contributed by atoms with Crippen molar-refractivity contribution in [3.05, 3.63) is 126 Å². The molecule has 1 aliphatic rings. The summed E-state index contributed by atoms with van der Waals surface area (Å²) in [6.07, 6.45) is 1.80. The van der Waals surface area contributed by atoms with E-state index >= 15 is 0 Å². The standard InChI is InChI=1S/C33H29N3O5S/c1-4-39-26-15-13-25(14-16-26)30-29(32(38)40-5-2)21(3)35-33-36(30)31(37)28(42-33)18-24-7-6-8-27(17-24)41-20-23-11-9-22(19-34)10-12-23/h6-18,30H,4-5,20H2,1-3H3/b28-18-/t30-/m0/s1. The van der Waals surface area contributed by atoms with Gasteiger partial charge in [0.25, 0.3) is 5.56 Å². The highest BCUT2D eigenvalue weighted by Crippen LogP contribution is 2.31. The second kappa shape index (κ2) is 12.7. The van der Waals surface area contributed by atoms with E-state index < -0.39 is 12.0 Å². The molecule has 0 fully saturated rings. The molecule has 4 aromatic rings. The molecule has 0 N–H and O–H groups in total. The summed E-state index contributed by atoms with van der Waals surface area (Å²) in [7, 11) is 0. The van der Waals surface area contributed by atoms with Crippen LogP contribution in [0.3, 0.4) is 0 Å². The number of ether oxygens (including phenoxy) is 3.